The van der Waals surface area contributed by atoms with E-state index >= 15 is 0 Å². The summed E-state index contributed by atoms with van der Waals surface area (Å²) in [5, 5.41) is 5.06. The molecule has 0 saturated heterocycles. The number of nitrogens with zero attached hydrogens (tertiary/aromatic N) is 1. The normalized spacial score (nSPS) is 11.8. The van der Waals surface area contributed by atoms with Gasteiger partial charge in [0.2, 0.25) is 0 Å². The number of thiophene rings is 1. The topological polar surface area (TPSA) is 4.93 Å². The maximum atomic E-state index is 6.50. The van der Waals surface area contributed by atoms with Crippen LogP contribution in [0.3, 0.4) is 0 Å². The summed E-state index contributed by atoms with van der Waals surface area (Å²) in [7, 11) is 6.50. The lowest BCUT2D eigenvalue weighted by Gasteiger charge is -2.10. The molecule has 0 N–H and O–H groups in total. The van der Waals surface area contributed by atoms with Gasteiger partial charge in [0.25, 0.3) is 0 Å². The zero-order valence-corrected chi connectivity index (χ0v) is 18.6. The summed E-state index contributed by atoms with van der Waals surface area (Å²) < 4.78 is 4.79. The summed E-state index contributed by atoms with van der Waals surface area (Å²) in [5.74, 6) is 0. The summed E-state index contributed by atoms with van der Waals surface area (Å²) in [6.07, 6.45) is 0. The molecule has 7 rings (SSSR count). The van der Waals surface area contributed by atoms with Crippen LogP contribution in [0.2, 0.25) is 0 Å². The molecule has 33 heavy (non-hydrogen) atoms. The minimum absolute atomic E-state index is 0.843. The fourth-order valence-corrected chi connectivity index (χ4v) is 6.13. The van der Waals surface area contributed by atoms with Gasteiger partial charge in [0.15, 0.2) is 0 Å². The van der Waals surface area contributed by atoms with Crippen LogP contribution in [0.4, 0.5) is 0 Å². The monoisotopic (exact) mass is 435 g/mol. The first kappa shape index (κ1) is 18.7. The van der Waals surface area contributed by atoms with Gasteiger partial charge in [-0.05, 0) is 47.5 Å². The van der Waals surface area contributed by atoms with Crippen molar-refractivity contribution >= 4 is 66.6 Å². The summed E-state index contributed by atoms with van der Waals surface area (Å²) in [6, 6.07) is 39.0. The number of rotatable bonds is 2. The fraction of sp³-hybridized carbons (Fsp3) is 0. The van der Waals surface area contributed by atoms with Crippen molar-refractivity contribution in [3.05, 3.63) is 109 Å². The van der Waals surface area contributed by atoms with E-state index in [0.29, 0.717) is 0 Å². The maximum Gasteiger partial charge on any atom is 0.115 e. The molecule has 0 fully saturated rings. The third-order valence-corrected chi connectivity index (χ3v) is 7.78. The van der Waals surface area contributed by atoms with Gasteiger partial charge in [-0.15, -0.1) is 11.3 Å². The van der Waals surface area contributed by atoms with E-state index in [1.54, 1.807) is 11.3 Å². The van der Waals surface area contributed by atoms with Gasteiger partial charge in [-0.1, -0.05) is 78.3 Å². The predicted octanol–water partition coefficient (Wildman–Crippen LogP) is 7.61. The van der Waals surface area contributed by atoms with E-state index in [2.05, 4.69) is 114 Å². The summed E-state index contributed by atoms with van der Waals surface area (Å²) in [4.78, 5) is 0. The Kier molecular flexibility index (Phi) is 4.03. The van der Waals surface area contributed by atoms with Crippen LogP contribution in [-0.4, -0.2) is 12.4 Å². The van der Waals surface area contributed by atoms with Crippen molar-refractivity contribution in [1.29, 1.82) is 0 Å². The van der Waals surface area contributed by atoms with Crippen LogP contribution in [0.15, 0.2) is 109 Å². The first-order valence-corrected chi connectivity index (χ1v) is 11.9. The van der Waals surface area contributed by atoms with Crippen LogP contribution in [0.1, 0.15) is 0 Å². The van der Waals surface area contributed by atoms with E-state index in [1.807, 2.05) is 0 Å². The Bertz CT molecular complexity index is 1770. The van der Waals surface area contributed by atoms with Crippen LogP contribution >= 0.6 is 11.3 Å². The first-order chi connectivity index (χ1) is 16.3. The molecule has 0 aliphatic carbocycles. The number of hydrogen-bond acceptors (Lipinski definition) is 1. The van der Waals surface area contributed by atoms with E-state index in [4.69, 9.17) is 7.85 Å². The highest BCUT2D eigenvalue weighted by atomic mass is 32.1. The van der Waals surface area contributed by atoms with Crippen LogP contribution in [0, 0.1) is 0 Å². The smallest absolute Gasteiger partial charge is 0.115 e. The Balaban J connectivity index is 1.39. The molecule has 152 valence electrons. The minimum atomic E-state index is 0.843. The van der Waals surface area contributed by atoms with Crippen molar-refractivity contribution in [2.24, 2.45) is 0 Å². The summed E-state index contributed by atoms with van der Waals surface area (Å²) in [6.45, 7) is 0. The van der Waals surface area contributed by atoms with E-state index < -0.39 is 0 Å². The average Bonchev–Trinajstić information content (AvgIpc) is 3.41. The van der Waals surface area contributed by atoms with Crippen LogP contribution in [0.25, 0.3) is 58.8 Å². The Morgan fingerprint density at radius 1 is 0.545 bits per heavy atom. The third kappa shape index (κ3) is 2.79. The molecule has 0 atom stereocenters. The Morgan fingerprint density at radius 3 is 1.85 bits per heavy atom. The highest BCUT2D eigenvalue weighted by molar-refractivity contribution is 7.26. The number of fused-ring (bicyclic) bond motifs is 6. The molecule has 7 aromatic rings. The van der Waals surface area contributed by atoms with E-state index in [-0.39, 0.29) is 0 Å². The van der Waals surface area contributed by atoms with Crippen molar-refractivity contribution < 1.29 is 0 Å². The zero-order valence-electron chi connectivity index (χ0n) is 17.8. The van der Waals surface area contributed by atoms with Crippen LogP contribution < -0.4 is 5.46 Å². The highest BCUT2D eigenvalue weighted by Crippen LogP contribution is 2.36. The molecule has 0 bridgehead atoms. The second-order valence-electron chi connectivity index (χ2n) is 8.46. The number of para-hydroxylation sites is 2. The van der Waals surface area contributed by atoms with Crippen molar-refractivity contribution in [2.45, 2.75) is 0 Å². The quantitative estimate of drug-likeness (QED) is 0.246. The van der Waals surface area contributed by atoms with Crippen molar-refractivity contribution in [3.63, 3.8) is 0 Å². The average molecular weight is 435 g/mol. The highest BCUT2D eigenvalue weighted by Gasteiger charge is 2.12. The first-order valence-electron chi connectivity index (χ1n) is 11.1. The molecule has 5 aromatic carbocycles. The molecule has 3 heteroatoms. The largest absolute Gasteiger partial charge is 0.309 e. The van der Waals surface area contributed by atoms with Crippen molar-refractivity contribution in [2.75, 3.05) is 0 Å². The van der Waals surface area contributed by atoms with Crippen molar-refractivity contribution in [1.82, 2.24) is 4.57 Å². The fourth-order valence-electron chi connectivity index (χ4n) is 5.02. The lowest BCUT2D eigenvalue weighted by molar-refractivity contribution is 1.18. The third-order valence-electron chi connectivity index (χ3n) is 6.55. The lowest BCUT2D eigenvalue weighted by atomic mass is 9.90. The zero-order chi connectivity index (χ0) is 21.9. The van der Waals surface area contributed by atoms with Gasteiger partial charge >= 0.3 is 0 Å². The standard InChI is InChI=1S/C30H18BNS/c31-26-18-20(17-25-24-9-3-6-12-29(24)33-30(25)26)19-13-15-21(16-14-19)32-27-10-4-1-7-22(27)23-8-2-5-11-28(23)32/h1-18H. The molecule has 2 aromatic heterocycles. The second kappa shape index (κ2) is 7.09. The van der Waals surface area contributed by atoms with Gasteiger partial charge in [0.05, 0.1) is 11.0 Å². The maximum absolute atomic E-state index is 6.50. The van der Waals surface area contributed by atoms with Crippen LogP contribution in [0.5, 0.6) is 0 Å². The van der Waals surface area contributed by atoms with Gasteiger partial charge in [-0.25, -0.2) is 0 Å². The molecule has 0 spiro atoms. The summed E-state index contributed by atoms with van der Waals surface area (Å²) >= 11 is 1.77. The Hall–Kier alpha value is -3.82. The summed E-state index contributed by atoms with van der Waals surface area (Å²) in [5.41, 5.74) is 6.77. The Labute approximate surface area is 196 Å². The van der Waals surface area contributed by atoms with Gasteiger partial charge in [-0.2, -0.15) is 0 Å². The molecule has 0 unspecified atom stereocenters. The molecule has 2 heterocycles. The predicted molar refractivity (Wildman–Crippen MR) is 144 cm³/mol. The molecule has 0 aliphatic heterocycles. The molecular formula is C30H18BNS. The molecule has 0 amide bonds. The van der Waals surface area contributed by atoms with E-state index in [0.717, 1.165) is 16.7 Å². The lowest BCUT2D eigenvalue weighted by Crippen LogP contribution is -2.02. The molecular weight excluding hydrogens is 417 g/mol. The number of aromatic nitrogens is 1. The SMILES string of the molecule is [B]c1cc(-c2ccc(-n3c4ccccc4c4ccccc43)cc2)cc2c1sc1ccccc12. The number of benzene rings is 5. The van der Waals surface area contributed by atoms with E-state index in [1.165, 1.54) is 47.5 Å². The minimum Gasteiger partial charge on any atom is -0.309 e. The molecule has 2 radical (unpaired) electrons. The van der Waals surface area contributed by atoms with Gasteiger partial charge in [-0.3, -0.25) is 0 Å². The molecule has 1 nitrogen and oxygen atoms in total. The molecule has 0 aliphatic rings. The van der Waals surface area contributed by atoms with Crippen molar-refractivity contribution in [3.8, 4) is 16.8 Å². The van der Waals surface area contributed by atoms with Gasteiger partial charge in [0, 0.05) is 36.6 Å². The molecule has 0 saturated carbocycles. The van der Waals surface area contributed by atoms with E-state index in [9.17, 15) is 0 Å². The van der Waals surface area contributed by atoms with Crippen LogP contribution in [-0.2, 0) is 0 Å². The number of hydrogen-bond donors (Lipinski definition) is 0. The van der Waals surface area contributed by atoms with Gasteiger partial charge in [0.1, 0.15) is 7.85 Å². The van der Waals surface area contributed by atoms with Gasteiger partial charge < -0.3 is 4.57 Å². The Morgan fingerprint density at radius 2 is 1.15 bits per heavy atom. The second-order valence-corrected chi connectivity index (χ2v) is 9.51.